The zero-order valence-corrected chi connectivity index (χ0v) is 9.19. The maximum Gasteiger partial charge on any atom is 0.328 e. The zero-order chi connectivity index (χ0) is 11.5. The first-order valence-corrected chi connectivity index (χ1v) is 5.08. The number of hydrogen-bond acceptors (Lipinski definition) is 2. The second kappa shape index (κ2) is 4.47. The molecule has 4 nitrogen and oxygen atoms in total. The maximum atomic E-state index is 11.6. The van der Waals surface area contributed by atoms with Crippen molar-refractivity contribution < 1.29 is 14.7 Å². The third-order valence-electron chi connectivity index (χ3n) is 2.63. The molecule has 0 unspecified atom stereocenters. The quantitative estimate of drug-likeness (QED) is 0.715. The van der Waals surface area contributed by atoms with E-state index in [1.807, 2.05) is 0 Å². The fourth-order valence-electron chi connectivity index (χ4n) is 1.65. The van der Waals surface area contributed by atoms with Gasteiger partial charge in [-0.2, -0.15) is 0 Å². The molecule has 4 heteroatoms. The Kier molecular flexibility index (Phi) is 3.50. The molecule has 1 fully saturated rings. The Bertz CT molecular complexity index is 294. The van der Waals surface area contributed by atoms with Gasteiger partial charge in [0.1, 0.15) is 0 Å². The van der Waals surface area contributed by atoms with Gasteiger partial charge in [-0.3, -0.25) is 4.79 Å². The van der Waals surface area contributed by atoms with Crippen LogP contribution in [0.15, 0.2) is 12.2 Å². The van der Waals surface area contributed by atoms with Crippen molar-refractivity contribution in [1.82, 2.24) is 4.90 Å². The van der Waals surface area contributed by atoms with Crippen molar-refractivity contribution in [2.45, 2.75) is 26.7 Å². The fourth-order valence-corrected chi connectivity index (χ4v) is 1.65. The topological polar surface area (TPSA) is 57.6 Å². The van der Waals surface area contributed by atoms with Gasteiger partial charge in [-0.05, 0) is 11.8 Å². The minimum atomic E-state index is -0.972. The molecule has 0 aromatic rings. The van der Waals surface area contributed by atoms with Gasteiger partial charge in [0.05, 0.1) is 0 Å². The van der Waals surface area contributed by atoms with Gasteiger partial charge in [-0.15, -0.1) is 0 Å². The molecule has 0 bridgehead atoms. The number of amides is 1. The molecule has 1 saturated heterocycles. The summed E-state index contributed by atoms with van der Waals surface area (Å²) in [6.45, 7) is 5.28. The van der Waals surface area contributed by atoms with E-state index in [0.29, 0.717) is 13.0 Å². The second-order valence-electron chi connectivity index (χ2n) is 4.67. The summed E-state index contributed by atoms with van der Waals surface area (Å²) in [5.74, 6) is -0.860. The smallest absolute Gasteiger partial charge is 0.328 e. The van der Waals surface area contributed by atoms with Gasteiger partial charge in [-0.1, -0.05) is 19.9 Å². The van der Waals surface area contributed by atoms with Gasteiger partial charge < -0.3 is 10.0 Å². The highest BCUT2D eigenvalue weighted by atomic mass is 16.4. The SMILES string of the molecule is CC1(C)CCN(C/C=C/C(=O)O)C(=O)C1. The fraction of sp³-hybridized carbons (Fsp3) is 0.636. The first-order valence-electron chi connectivity index (χ1n) is 5.08. The van der Waals surface area contributed by atoms with Gasteiger partial charge in [0, 0.05) is 25.6 Å². The van der Waals surface area contributed by atoms with Gasteiger partial charge in [-0.25, -0.2) is 4.79 Å². The molecule has 1 rings (SSSR count). The molecule has 1 aliphatic heterocycles. The van der Waals surface area contributed by atoms with Gasteiger partial charge in [0.2, 0.25) is 5.91 Å². The molecular weight excluding hydrogens is 194 g/mol. The molecule has 15 heavy (non-hydrogen) atoms. The lowest BCUT2D eigenvalue weighted by atomic mass is 9.82. The van der Waals surface area contributed by atoms with Gasteiger partial charge in [0.15, 0.2) is 0 Å². The summed E-state index contributed by atoms with van der Waals surface area (Å²) in [7, 11) is 0. The minimum absolute atomic E-state index is 0.0874. The van der Waals surface area contributed by atoms with E-state index in [1.165, 1.54) is 6.08 Å². The molecule has 0 aliphatic carbocycles. The lowest BCUT2D eigenvalue weighted by Gasteiger charge is -2.35. The summed E-state index contributed by atoms with van der Waals surface area (Å²) >= 11 is 0. The summed E-state index contributed by atoms with van der Waals surface area (Å²) in [5, 5.41) is 8.40. The van der Waals surface area contributed by atoms with Crippen molar-refractivity contribution in [3.05, 3.63) is 12.2 Å². The molecule has 0 aromatic carbocycles. The highest BCUT2D eigenvalue weighted by molar-refractivity contribution is 5.80. The Hall–Kier alpha value is -1.32. The molecule has 0 aromatic heterocycles. The van der Waals surface area contributed by atoms with E-state index in [1.54, 1.807) is 4.90 Å². The van der Waals surface area contributed by atoms with E-state index in [4.69, 9.17) is 5.11 Å². The van der Waals surface area contributed by atoms with Crippen LogP contribution in [0.2, 0.25) is 0 Å². The van der Waals surface area contributed by atoms with Crippen molar-refractivity contribution in [2.75, 3.05) is 13.1 Å². The largest absolute Gasteiger partial charge is 0.478 e. The van der Waals surface area contributed by atoms with Crippen LogP contribution < -0.4 is 0 Å². The van der Waals surface area contributed by atoms with Crippen molar-refractivity contribution in [3.63, 3.8) is 0 Å². The molecule has 1 heterocycles. The molecule has 0 atom stereocenters. The van der Waals surface area contributed by atoms with E-state index in [0.717, 1.165) is 19.0 Å². The van der Waals surface area contributed by atoms with E-state index < -0.39 is 5.97 Å². The van der Waals surface area contributed by atoms with Crippen molar-refractivity contribution in [2.24, 2.45) is 5.41 Å². The van der Waals surface area contributed by atoms with Crippen LogP contribution in [0.4, 0.5) is 0 Å². The summed E-state index contributed by atoms with van der Waals surface area (Å²) < 4.78 is 0. The normalized spacial score (nSPS) is 20.9. The number of likely N-dealkylation sites (tertiary alicyclic amines) is 1. The Morgan fingerprint density at radius 1 is 1.60 bits per heavy atom. The number of rotatable bonds is 3. The van der Waals surface area contributed by atoms with Crippen molar-refractivity contribution in [1.29, 1.82) is 0 Å². The van der Waals surface area contributed by atoms with Crippen LogP contribution in [0.25, 0.3) is 0 Å². The first kappa shape index (κ1) is 11.8. The number of carboxylic acid groups (broad SMARTS) is 1. The van der Waals surface area contributed by atoms with Gasteiger partial charge >= 0.3 is 5.97 Å². The molecule has 0 radical (unpaired) electrons. The van der Waals surface area contributed by atoms with Crippen LogP contribution in [0.3, 0.4) is 0 Å². The molecule has 0 spiro atoms. The van der Waals surface area contributed by atoms with Crippen LogP contribution in [0.5, 0.6) is 0 Å². The summed E-state index contributed by atoms with van der Waals surface area (Å²) in [5.41, 5.74) is 0.0874. The Morgan fingerprint density at radius 3 is 2.80 bits per heavy atom. The molecule has 84 valence electrons. The summed E-state index contributed by atoms with van der Waals surface area (Å²) in [6, 6.07) is 0. The van der Waals surface area contributed by atoms with Crippen molar-refractivity contribution in [3.8, 4) is 0 Å². The second-order valence-corrected chi connectivity index (χ2v) is 4.67. The average molecular weight is 211 g/mol. The predicted molar refractivity (Wildman–Crippen MR) is 56.4 cm³/mol. The highest BCUT2D eigenvalue weighted by Gasteiger charge is 2.30. The molecule has 1 aliphatic rings. The number of carbonyl (C=O) groups excluding carboxylic acids is 1. The predicted octanol–water partition coefficient (Wildman–Crippen LogP) is 1.28. The number of carbonyl (C=O) groups is 2. The maximum absolute atomic E-state index is 11.6. The molecule has 0 saturated carbocycles. The first-order chi connectivity index (χ1) is 6.91. The van der Waals surface area contributed by atoms with Crippen molar-refractivity contribution >= 4 is 11.9 Å². The summed E-state index contributed by atoms with van der Waals surface area (Å²) in [6.07, 6.45) is 4.11. The molecule has 1 amide bonds. The van der Waals surface area contributed by atoms with Crippen LogP contribution >= 0.6 is 0 Å². The summed E-state index contributed by atoms with van der Waals surface area (Å²) in [4.78, 5) is 23.6. The zero-order valence-electron chi connectivity index (χ0n) is 9.19. The van der Waals surface area contributed by atoms with E-state index in [9.17, 15) is 9.59 Å². The highest BCUT2D eigenvalue weighted by Crippen LogP contribution is 2.30. The molecular formula is C11H17NO3. The lowest BCUT2D eigenvalue weighted by molar-refractivity contribution is -0.136. The number of hydrogen-bond donors (Lipinski definition) is 1. The minimum Gasteiger partial charge on any atom is -0.478 e. The lowest BCUT2D eigenvalue weighted by Crippen LogP contribution is -2.41. The van der Waals surface area contributed by atoms with E-state index in [2.05, 4.69) is 13.8 Å². The number of aliphatic carboxylic acids is 1. The third-order valence-corrected chi connectivity index (χ3v) is 2.63. The van der Waals surface area contributed by atoms with Crippen LogP contribution in [-0.4, -0.2) is 35.0 Å². The number of nitrogens with zero attached hydrogens (tertiary/aromatic N) is 1. The average Bonchev–Trinajstić information content (AvgIpc) is 2.07. The van der Waals surface area contributed by atoms with Crippen LogP contribution in [0, 0.1) is 5.41 Å². The Morgan fingerprint density at radius 2 is 2.27 bits per heavy atom. The van der Waals surface area contributed by atoms with Gasteiger partial charge in [0.25, 0.3) is 0 Å². The Balaban J connectivity index is 2.45. The van der Waals surface area contributed by atoms with E-state index >= 15 is 0 Å². The monoisotopic (exact) mass is 211 g/mol. The standard InChI is InChI=1S/C11H17NO3/c1-11(2)5-7-12(9(13)8-11)6-3-4-10(14)15/h3-4H,5-8H2,1-2H3,(H,14,15)/b4-3+. The van der Waals surface area contributed by atoms with Crippen LogP contribution in [0.1, 0.15) is 26.7 Å². The number of carboxylic acids is 1. The van der Waals surface area contributed by atoms with Crippen LogP contribution in [-0.2, 0) is 9.59 Å². The molecule has 1 N–H and O–H groups in total. The Labute approximate surface area is 89.6 Å². The van der Waals surface area contributed by atoms with E-state index in [-0.39, 0.29) is 11.3 Å². The third kappa shape index (κ3) is 3.73. The number of piperidine rings is 1.